The fourth-order valence-corrected chi connectivity index (χ4v) is 1.80. The maximum Gasteiger partial charge on any atom is 0.00141 e. The minimum atomic E-state index is 1.11. The molecule has 0 unspecified atom stereocenters. The third-order valence-electron chi connectivity index (χ3n) is 1.86. The standard InChI is InChI=1S/C11H14S/c1-3-5-6-10(4-2)11-7-8-12-9-11/h7-9H,2-3,5-6H2,1H3. The molecule has 0 amide bonds. The van der Waals surface area contributed by atoms with Crippen LogP contribution in [-0.4, -0.2) is 0 Å². The van der Waals surface area contributed by atoms with Crippen molar-refractivity contribution in [1.29, 1.82) is 0 Å². The third-order valence-corrected chi connectivity index (χ3v) is 2.55. The highest BCUT2D eigenvalue weighted by molar-refractivity contribution is 7.08. The molecule has 1 rings (SSSR count). The number of hydrogen-bond donors (Lipinski definition) is 0. The summed E-state index contributed by atoms with van der Waals surface area (Å²) in [6.45, 7) is 5.92. The zero-order valence-electron chi connectivity index (χ0n) is 7.47. The Morgan fingerprint density at radius 1 is 1.67 bits per heavy atom. The van der Waals surface area contributed by atoms with E-state index in [4.69, 9.17) is 0 Å². The van der Waals surface area contributed by atoms with Crippen LogP contribution in [0.2, 0.25) is 0 Å². The van der Waals surface area contributed by atoms with Gasteiger partial charge in [0.1, 0.15) is 0 Å². The minimum Gasteiger partial charge on any atom is -0.152 e. The molecule has 0 aromatic carbocycles. The molecule has 1 heteroatoms. The van der Waals surface area contributed by atoms with Crippen molar-refractivity contribution in [3.8, 4) is 0 Å². The minimum absolute atomic E-state index is 1.11. The van der Waals surface area contributed by atoms with Crippen molar-refractivity contribution < 1.29 is 0 Å². The summed E-state index contributed by atoms with van der Waals surface area (Å²) in [5.74, 6) is 0. The van der Waals surface area contributed by atoms with Gasteiger partial charge in [-0.2, -0.15) is 11.3 Å². The van der Waals surface area contributed by atoms with Crippen molar-refractivity contribution in [2.45, 2.75) is 26.2 Å². The molecule has 0 spiro atoms. The fraction of sp³-hybridized carbons (Fsp3) is 0.364. The second-order valence-electron chi connectivity index (χ2n) is 2.77. The van der Waals surface area contributed by atoms with Gasteiger partial charge in [-0.05, 0) is 35.2 Å². The first-order chi connectivity index (χ1) is 5.88. The molecule has 1 aromatic heterocycles. The highest BCUT2D eigenvalue weighted by Crippen LogP contribution is 2.21. The average molecular weight is 178 g/mol. The maximum absolute atomic E-state index is 3.71. The second-order valence-corrected chi connectivity index (χ2v) is 3.55. The molecule has 0 aliphatic carbocycles. The topological polar surface area (TPSA) is 0 Å². The fourth-order valence-electron chi connectivity index (χ4n) is 1.12. The molecule has 0 atom stereocenters. The quantitative estimate of drug-likeness (QED) is 0.609. The number of hydrogen-bond acceptors (Lipinski definition) is 1. The van der Waals surface area contributed by atoms with Gasteiger partial charge in [-0.3, -0.25) is 0 Å². The summed E-state index contributed by atoms with van der Waals surface area (Å²) in [7, 11) is 0. The molecule has 1 heterocycles. The van der Waals surface area contributed by atoms with E-state index in [1.54, 1.807) is 11.3 Å². The van der Waals surface area contributed by atoms with Crippen LogP contribution in [-0.2, 0) is 0 Å². The van der Waals surface area contributed by atoms with E-state index in [-0.39, 0.29) is 0 Å². The molecule has 12 heavy (non-hydrogen) atoms. The largest absolute Gasteiger partial charge is 0.152 e. The predicted octanol–water partition coefficient (Wildman–Crippen LogP) is 4.11. The second kappa shape index (κ2) is 4.97. The third kappa shape index (κ3) is 2.37. The molecular formula is C11H14S. The van der Waals surface area contributed by atoms with Crippen molar-refractivity contribution in [2.75, 3.05) is 0 Å². The Morgan fingerprint density at radius 3 is 3.00 bits per heavy atom. The van der Waals surface area contributed by atoms with Crippen LogP contribution in [0.4, 0.5) is 0 Å². The van der Waals surface area contributed by atoms with E-state index in [1.807, 2.05) is 0 Å². The number of unbranched alkanes of at least 4 members (excludes halogenated alkanes) is 1. The molecule has 1 aromatic rings. The molecule has 0 N–H and O–H groups in total. The van der Waals surface area contributed by atoms with Crippen LogP contribution in [0.1, 0.15) is 31.7 Å². The van der Waals surface area contributed by atoms with Crippen molar-refractivity contribution in [3.05, 3.63) is 34.7 Å². The van der Waals surface area contributed by atoms with E-state index in [0.29, 0.717) is 0 Å². The maximum atomic E-state index is 3.71. The molecule has 0 saturated heterocycles. The van der Waals surface area contributed by atoms with E-state index >= 15 is 0 Å². The van der Waals surface area contributed by atoms with Crippen LogP contribution < -0.4 is 0 Å². The Labute approximate surface area is 78.2 Å². The van der Waals surface area contributed by atoms with Gasteiger partial charge in [0.15, 0.2) is 0 Å². The zero-order chi connectivity index (χ0) is 8.81. The van der Waals surface area contributed by atoms with Gasteiger partial charge in [-0.15, -0.1) is 5.73 Å². The van der Waals surface area contributed by atoms with Crippen molar-refractivity contribution >= 4 is 16.9 Å². The Morgan fingerprint density at radius 2 is 2.50 bits per heavy atom. The lowest BCUT2D eigenvalue weighted by atomic mass is 10.0. The van der Waals surface area contributed by atoms with Crippen LogP contribution in [0.25, 0.3) is 5.57 Å². The first kappa shape index (κ1) is 9.31. The first-order valence-corrected chi connectivity index (χ1v) is 5.24. The Bertz CT molecular complexity index is 263. The first-order valence-electron chi connectivity index (χ1n) is 4.30. The molecular weight excluding hydrogens is 164 g/mol. The van der Waals surface area contributed by atoms with E-state index in [9.17, 15) is 0 Å². The van der Waals surface area contributed by atoms with Crippen LogP contribution in [0.3, 0.4) is 0 Å². The van der Waals surface area contributed by atoms with Gasteiger partial charge in [0.05, 0.1) is 0 Å². The summed E-state index contributed by atoms with van der Waals surface area (Å²) in [5, 5.41) is 4.25. The van der Waals surface area contributed by atoms with Gasteiger partial charge in [-0.25, -0.2) is 0 Å². The zero-order valence-corrected chi connectivity index (χ0v) is 8.29. The molecule has 0 saturated carbocycles. The van der Waals surface area contributed by atoms with Crippen LogP contribution in [0, 0.1) is 0 Å². The van der Waals surface area contributed by atoms with E-state index < -0.39 is 0 Å². The summed E-state index contributed by atoms with van der Waals surface area (Å²) in [4.78, 5) is 0. The van der Waals surface area contributed by atoms with E-state index in [0.717, 1.165) is 6.42 Å². The Balaban J connectivity index is 2.65. The lowest BCUT2D eigenvalue weighted by molar-refractivity contribution is 0.825. The van der Waals surface area contributed by atoms with Crippen molar-refractivity contribution in [2.24, 2.45) is 0 Å². The molecule has 0 radical (unpaired) electrons. The van der Waals surface area contributed by atoms with Crippen LogP contribution >= 0.6 is 11.3 Å². The lowest BCUT2D eigenvalue weighted by Gasteiger charge is -1.99. The summed E-state index contributed by atoms with van der Waals surface area (Å²) in [5.41, 5.74) is 5.57. The smallest absolute Gasteiger partial charge is 0.00141 e. The number of allylic oxidation sites excluding steroid dienone is 1. The number of thiophene rings is 1. The molecule has 0 bridgehead atoms. The SMILES string of the molecule is C=C=C(CCCC)c1ccsc1. The highest BCUT2D eigenvalue weighted by atomic mass is 32.1. The van der Waals surface area contributed by atoms with E-state index in [2.05, 4.69) is 36.1 Å². The van der Waals surface area contributed by atoms with Crippen LogP contribution in [0.15, 0.2) is 29.1 Å². The lowest BCUT2D eigenvalue weighted by Crippen LogP contribution is -1.79. The Kier molecular flexibility index (Phi) is 3.86. The summed E-state index contributed by atoms with van der Waals surface area (Å²) < 4.78 is 0. The van der Waals surface area contributed by atoms with Crippen molar-refractivity contribution in [3.63, 3.8) is 0 Å². The molecule has 64 valence electrons. The molecule has 0 aliphatic heterocycles. The van der Waals surface area contributed by atoms with Crippen LogP contribution in [0.5, 0.6) is 0 Å². The average Bonchev–Trinajstić information content (AvgIpc) is 2.59. The molecule has 0 nitrogen and oxygen atoms in total. The van der Waals surface area contributed by atoms with Gasteiger partial charge in [0.25, 0.3) is 0 Å². The molecule has 0 aliphatic rings. The predicted molar refractivity (Wildman–Crippen MR) is 56.4 cm³/mol. The van der Waals surface area contributed by atoms with Gasteiger partial charge >= 0.3 is 0 Å². The van der Waals surface area contributed by atoms with Gasteiger partial charge in [0.2, 0.25) is 0 Å². The van der Waals surface area contributed by atoms with Gasteiger partial charge in [0, 0.05) is 5.57 Å². The summed E-state index contributed by atoms with van der Waals surface area (Å²) >= 11 is 1.73. The molecule has 0 fully saturated rings. The normalized spacial score (nSPS) is 9.42. The monoisotopic (exact) mass is 178 g/mol. The van der Waals surface area contributed by atoms with Gasteiger partial charge in [-0.1, -0.05) is 19.9 Å². The van der Waals surface area contributed by atoms with Gasteiger partial charge < -0.3 is 0 Å². The van der Waals surface area contributed by atoms with Crippen molar-refractivity contribution in [1.82, 2.24) is 0 Å². The highest BCUT2D eigenvalue weighted by Gasteiger charge is 1.99. The Hall–Kier alpha value is -0.780. The summed E-state index contributed by atoms with van der Waals surface area (Å²) in [6, 6.07) is 2.13. The van der Waals surface area contributed by atoms with E-state index in [1.165, 1.54) is 24.0 Å². The summed E-state index contributed by atoms with van der Waals surface area (Å²) in [6.07, 6.45) is 3.57. The number of rotatable bonds is 4.